The van der Waals surface area contributed by atoms with Gasteiger partial charge < -0.3 is 5.73 Å². The van der Waals surface area contributed by atoms with Gasteiger partial charge in [0.15, 0.2) is 0 Å². The maximum absolute atomic E-state index is 12.5. The van der Waals surface area contributed by atoms with Crippen molar-refractivity contribution in [1.82, 2.24) is 10.2 Å². The Balaban J connectivity index is 2.08. The normalized spacial score (nSPS) is 34.4. The van der Waals surface area contributed by atoms with Gasteiger partial charge in [0.25, 0.3) is 5.91 Å². The van der Waals surface area contributed by atoms with Gasteiger partial charge in [-0.25, -0.2) is 0 Å². The van der Waals surface area contributed by atoms with Crippen molar-refractivity contribution in [2.45, 2.75) is 38.1 Å². The third kappa shape index (κ3) is 1.66. The Morgan fingerprint density at radius 2 is 2.05 bits per heavy atom. The summed E-state index contributed by atoms with van der Waals surface area (Å²) in [7, 11) is 0. The van der Waals surface area contributed by atoms with Gasteiger partial charge in [-0.05, 0) is 44.0 Å². The number of nitrogens with two attached hydrogens (primary N) is 1. The molecule has 0 saturated carbocycles. The van der Waals surface area contributed by atoms with Crippen LogP contribution < -0.4 is 11.1 Å². The Bertz CT molecular complexity index is 517. The van der Waals surface area contributed by atoms with E-state index in [9.17, 15) is 9.59 Å². The summed E-state index contributed by atoms with van der Waals surface area (Å²) in [6.45, 7) is 3.70. The minimum atomic E-state index is -0.842. The summed E-state index contributed by atoms with van der Waals surface area (Å²) in [6.07, 6.45) is 7.68. The van der Waals surface area contributed by atoms with Crippen LogP contribution in [0.3, 0.4) is 0 Å². The van der Waals surface area contributed by atoms with Gasteiger partial charge in [-0.15, -0.1) is 0 Å². The second kappa shape index (κ2) is 4.74. The zero-order valence-electron chi connectivity index (χ0n) is 11.8. The van der Waals surface area contributed by atoms with Gasteiger partial charge in [0.05, 0.1) is 5.92 Å². The van der Waals surface area contributed by atoms with Gasteiger partial charge in [-0.2, -0.15) is 0 Å². The van der Waals surface area contributed by atoms with Crippen LogP contribution in [-0.2, 0) is 9.59 Å². The number of piperidine rings is 1. The summed E-state index contributed by atoms with van der Waals surface area (Å²) in [4.78, 5) is 27.0. The summed E-state index contributed by atoms with van der Waals surface area (Å²) < 4.78 is 0. The highest BCUT2D eigenvalue weighted by atomic mass is 16.2. The van der Waals surface area contributed by atoms with Crippen LogP contribution in [0.4, 0.5) is 0 Å². The molecule has 2 heterocycles. The first-order valence-corrected chi connectivity index (χ1v) is 7.39. The van der Waals surface area contributed by atoms with Crippen molar-refractivity contribution in [3.8, 4) is 0 Å². The number of carbonyl (C=O) groups is 2. The van der Waals surface area contributed by atoms with E-state index >= 15 is 0 Å². The number of fused-ring (bicyclic) bond motifs is 1. The van der Waals surface area contributed by atoms with E-state index in [4.69, 9.17) is 5.73 Å². The van der Waals surface area contributed by atoms with Crippen molar-refractivity contribution >= 4 is 11.8 Å². The van der Waals surface area contributed by atoms with E-state index in [0.717, 1.165) is 31.5 Å². The summed E-state index contributed by atoms with van der Waals surface area (Å²) >= 11 is 0. The van der Waals surface area contributed by atoms with E-state index in [1.54, 1.807) is 0 Å². The van der Waals surface area contributed by atoms with Crippen molar-refractivity contribution in [2.75, 3.05) is 13.1 Å². The number of nitrogens with one attached hydrogen (secondary N) is 1. The molecule has 2 atom stereocenters. The van der Waals surface area contributed by atoms with Crippen LogP contribution in [0.2, 0.25) is 0 Å². The van der Waals surface area contributed by atoms with Gasteiger partial charge >= 0.3 is 0 Å². The highest BCUT2D eigenvalue weighted by Crippen LogP contribution is 2.42. The molecule has 3 aliphatic rings. The molecule has 0 aromatic heterocycles. The molecule has 5 nitrogen and oxygen atoms in total. The molecule has 2 fully saturated rings. The van der Waals surface area contributed by atoms with Gasteiger partial charge in [-0.1, -0.05) is 19.4 Å². The van der Waals surface area contributed by atoms with Crippen molar-refractivity contribution in [3.63, 3.8) is 0 Å². The quantitative estimate of drug-likeness (QED) is 0.727. The fourth-order valence-corrected chi connectivity index (χ4v) is 3.81. The number of hydrogen-bond donors (Lipinski definition) is 2. The highest BCUT2D eigenvalue weighted by molar-refractivity contribution is 6.13. The predicted molar refractivity (Wildman–Crippen MR) is 75.4 cm³/mol. The van der Waals surface area contributed by atoms with Crippen LogP contribution in [0.25, 0.3) is 0 Å². The predicted octanol–water partition coefficient (Wildman–Crippen LogP) is 0.676. The fourth-order valence-electron chi connectivity index (χ4n) is 3.81. The maximum atomic E-state index is 12.5. The van der Waals surface area contributed by atoms with Crippen molar-refractivity contribution in [3.05, 3.63) is 23.4 Å². The largest absolute Gasteiger partial charge is 0.399 e. The molecule has 0 spiro atoms. The lowest BCUT2D eigenvalue weighted by Crippen LogP contribution is -2.59. The van der Waals surface area contributed by atoms with Crippen LogP contribution in [0.5, 0.6) is 0 Å². The number of allylic oxidation sites excluding steroid dienone is 1. The zero-order chi connectivity index (χ0) is 14.3. The fraction of sp³-hybridized carbons (Fsp3) is 0.600. The Kier molecular flexibility index (Phi) is 3.17. The average Bonchev–Trinajstić information content (AvgIpc) is 2.72. The van der Waals surface area contributed by atoms with Gasteiger partial charge in [0.2, 0.25) is 5.91 Å². The number of nitrogens with zero attached hydrogens (tertiary/aromatic N) is 1. The summed E-state index contributed by atoms with van der Waals surface area (Å²) in [5, 5.41) is 2.52. The summed E-state index contributed by atoms with van der Waals surface area (Å²) in [6, 6.07) is 0. The second-order valence-electron chi connectivity index (χ2n) is 5.79. The number of hydrogen-bond acceptors (Lipinski definition) is 4. The molecule has 108 valence electrons. The molecular weight excluding hydrogens is 254 g/mol. The molecule has 2 aliphatic heterocycles. The molecule has 1 aliphatic carbocycles. The average molecular weight is 275 g/mol. The molecule has 2 unspecified atom stereocenters. The van der Waals surface area contributed by atoms with Crippen molar-refractivity contribution in [2.24, 2.45) is 11.7 Å². The molecule has 3 rings (SSSR count). The molecule has 20 heavy (non-hydrogen) atoms. The van der Waals surface area contributed by atoms with E-state index in [-0.39, 0.29) is 11.8 Å². The number of likely N-dealkylation sites (tertiary alicyclic amines) is 1. The Morgan fingerprint density at radius 3 is 2.70 bits per heavy atom. The van der Waals surface area contributed by atoms with Gasteiger partial charge in [0, 0.05) is 5.70 Å². The third-order valence-corrected chi connectivity index (χ3v) is 4.80. The van der Waals surface area contributed by atoms with Crippen molar-refractivity contribution in [1.29, 1.82) is 0 Å². The van der Waals surface area contributed by atoms with E-state index in [1.165, 1.54) is 6.42 Å². The van der Waals surface area contributed by atoms with E-state index in [0.29, 0.717) is 12.1 Å². The maximum Gasteiger partial charge on any atom is 0.252 e. The molecular formula is C15H21N3O2. The number of imide groups is 1. The van der Waals surface area contributed by atoms with Crippen molar-refractivity contribution < 1.29 is 9.59 Å². The number of carbonyl (C=O) groups excluding carboxylic acids is 2. The van der Waals surface area contributed by atoms with Crippen LogP contribution >= 0.6 is 0 Å². The van der Waals surface area contributed by atoms with Gasteiger partial charge in [-0.3, -0.25) is 19.8 Å². The number of rotatable bonds is 2. The number of amides is 2. The van der Waals surface area contributed by atoms with E-state index < -0.39 is 11.5 Å². The smallest absolute Gasteiger partial charge is 0.252 e. The standard InChI is InChI=1S/C15H21N3O2/c1-2-10-11(16)6-7-15(18-8-4-3-5-9-18)12(10)13(19)17-14(15)20/h6-7,12H,2-5,8-9,16H2,1H3,(H,17,19,20). The molecule has 0 radical (unpaired) electrons. The highest BCUT2D eigenvalue weighted by Gasteiger charge is 2.59. The lowest BCUT2D eigenvalue weighted by Gasteiger charge is -2.44. The summed E-state index contributed by atoms with van der Waals surface area (Å²) in [5.41, 5.74) is 6.71. The minimum Gasteiger partial charge on any atom is -0.399 e. The van der Waals surface area contributed by atoms with E-state index in [1.807, 2.05) is 19.1 Å². The molecule has 5 heteroatoms. The zero-order valence-corrected chi connectivity index (χ0v) is 11.8. The minimum absolute atomic E-state index is 0.191. The van der Waals surface area contributed by atoms with Crippen LogP contribution in [0.15, 0.2) is 23.4 Å². The SMILES string of the molecule is CCC1=C(N)C=CC2(N3CCCCC3)C(=O)NC(=O)C12. The Labute approximate surface area is 118 Å². The lowest BCUT2D eigenvalue weighted by molar-refractivity contribution is -0.129. The summed E-state index contributed by atoms with van der Waals surface area (Å²) in [5.74, 6) is -0.850. The van der Waals surface area contributed by atoms with Crippen LogP contribution in [-0.4, -0.2) is 35.3 Å². The Morgan fingerprint density at radius 1 is 1.35 bits per heavy atom. The molecule has 0 bridgehead atoms. The van der Waals surface area contributed by atoms with Crippen LogP contribution in [0, 0.1) is 5.92 Å². The lowest BCUT2D eigenvalue weighted by atomic mass is 9.73. The Hall–Kier alpha value is -1.62. The third-order valence-electron chi connectivity index (χ3n) is 4.80. The van der Waals surface area contributed by atoms with Gasteiger partial charge in [0.1, 0.15) is 5.54 Å². The molecule has 0 aromatic rings. The monoisotopic (exact) mass is 275 g/mol. The van der Waals surface area contributed by atoms with Crippen LogP contribution in [0.1, 0.15) is 32.6 Å². The molecule has 0 aromatic carbocycles. The first kappa shape index (κ1) is 13.4. The molecule has 3 N–H and O–H groups in total. The first-order chi connectivity index (χ1) is 9.61. The first-order valence-electron chi connectivity index (χ1n) is 7.39. The molecule has 2 saturated heterocycles. The van der Waals surface area contributed by atoms with E-state index in [2.05, 4.69) is 10.2 Å². The second-order valence-corrected chi connectivity index (χ2v) is 5.79. The topological polar surface area (TPSA) is 75.4 Å². The molecule has 2 amide bonds.